The summed E-state index contributed by atoms with van der Waals surface area (Å²) in [5, 5.41) is 0.796. The summed E-state index contributed by atoms with van der Waals surface area (Å²) in [6.45, 7) is 1.85. The van der Waals surface area contributed by atoms with Crippen LogP contribution in [0.15, 0.2) is 30.3 Å². The second-order valence-corrected chi connectivity index (χ2v) is 5.29. The van der Waals surface area contributed by atoms with Crippen molar-refractivity contribution < 1.29 is 8.78 Å². The Labute approximate surface area is 129 Å². The average molecular weight is 325 g/mol. The van der Waals surface area contributed by atoms with Crippen molar-refractivity contribution in [1.29, 1.82) is 0 Å². The van der Waals surface area contributed by atoms with Crippen molar-refractivity contribution in [3.05, 3.63) is 57.7 Å². The Balaban J connectivity index is 2.30. The molecule has 2 aromatic carbocycles. The Bertz CT molecular complexity index is 866. The molecule has 1 aromatic heterocycles. The molecule has 0 radical (unpaired) electrons. The maximum atomic E-state index is 13.4. The van der Waals surface area contributed by atoms with Gasteiger partial charge in [0.25, 0.3) is 0 Å². The van der Waals surface area contributed by atoms with E-state index in [0.717, 1.165) is 17.7 Å². The van der Waals surface area contributed by atoms with Gasteiger partial charge in [-0.25, -0.2) is 18.7 Å². The van der Waals surface area contributed by atoms with Gasteiger partial charge < -0.3 is 0 Å². The number of fused-ring (bicyclic) bond motifs is 1. The SMILES string of the molecule is Cc1cccc(-c2nc(Cl)c3cc(F)c(F)cc3n2)c1Cl. The Morgan fingerprint density at radius 1 is 1.00 bits per heavy atom. The van der Waals surface area contributed by atoms with Crippen LogP contribution in [0.5, 0.6) is 0 Å². The smallest absolute Gasteiger partial charge is 0.163 e. The molecule has 106 valence electrons. The van der Waals surface area contributed by atoms with E-state index in [1.165, 1.54) is 0 Å². The first kappa shape index (κ1) is 14.2. The summed E-state index contributed by atoms with van der Waals surface area (Å²) in [5.41, 5.74) is 1.67. The lowest BCUT2D eigenvalue weighted by Crippen LogP contribution is -1.95. The van der Waals surface area contributed by atoms with Gasteiger partial charge in [-0.05, 0) is 24.6 Å². The zero-order chi connectivity index (χ0) is 15.1. The Hall–Kier alpha value is -1.78. The summed E-state index contributed by atoms with van der Waals surface area (Å²) in [5.74, 6) is -1.71. The lowest BCUT2D eigenvalue weighted by atomic mass is 10.1. The van der Waals surface area contributed by atoms with E-state index >= 15 is 0 Å². The highest BCUT2D eigenvalue weighted by Gasteiger charge is 2.14. The van der Waals surface area contributed by atoms with Crippen LogP contribution in [0.2, 0.25) is 10.2 Å². The second kappa shape index (κ2) is 5.20. The Kier molecular flexibility index (Phi) is 3.51. The van der Waals surface area contributed by atoms with Crippen LogP contribution in [0.25, 0.3) is 22.3 Å². The minimum absolute atomic E-state index is 0.0477. The van der Waals surface area contributed by atoms with E-state index in [1.807, 2.05) is 19.1 Å². The van der Waals surface area contributed by atoms with Crippen molar-refractivity contribution in [2.45, 2.75) is 6.92 Å². The molecule has 3 rings (SSSR count). The number of hydrogen-bond acceptors (Lipinski definition) is 2. The summed E-state index contributed by atoms with van der Waals surface area (Å²) in [4.78, 5) is 8.35. The maximum absolute atomic E-state index is 13.4. The number of halogens is 4. The third kappa shape index (κ3) is 2.45. The molecule has 0 bridgehead atoms. The van der Waals surface area contributed by atoms with E-state index in [2.05, 4.69) is 9.97 Å². The molecule has 0 aliphatic carbocycles. The molecule has 6 heteroatoms. The fourth-order valence-corrected chi connectivity index (χ4v) is 2.47. The van der Waals surface area contributed by atoms with Crippen molar-refractivity contribution in [2.24, 2.45) is 0 Å². The molecule has 3 aromatic rings. The number of aryl methyl sites for hydroxylation is 1. The monoisotopic (exact) mass is 324 g/mol. The summed E-state index contributed by atoms with van der Waals surface area (Å²) in [6.07, 6.45) is 0. The van der Waals surface area contributed by atoms with Gasteiger partial charge in [0, 0.05) is 17.0 Å². The minimum Gasteiger partial charge on any atom is -0.228 e. The van der Waals surface area contributed by atoms with Crippen molar-refractivity contribution in [3.8, 4) is 11.4 Å². The molecule has 0 saturated heterocycles. The number of rotatable bonds is 1. The predicted molar refractivity (Wildman–Crippen MR) is 79.6 cm³/mol. The van der Waals surface area contributed by atoms with E-state index < -0.39 is 11.6 Å². The molecule has 0 saturated carbocycles. The number of aromatic nitrogens is 2. The molecule has 0 amide bonds. The number of nitrogens with zero attached hydrogens (tertiary/aromatic N) is 2. The molecule has 1 heterocycles. The third-order valence-electron chi connectivity index (χ3n) is 3.12. The van der Waals surface area contributed by atoms with Crippen LogP contribution in [0.3, 0.4) is 0 Å². The van der Waals surface area contributed by atoms with Crippen molar-refractivity contribution in [2.75, 3.05) is 0 Å². The molecule has 0 fully saturated rings. The van der Waals surface area contributed by atoms with Crippen molar-refractivity contribution >= 4 is 34.1 Å². The van der Waals surface area contributed by atoms with Gasteiger partial charge in [0.15, 0.2) is 17.5 Å². The second-order valence-electron chi connectivity index (χ2n) is 4.56. The van der Waals surface area contributed by atoms with Crippen LogP contribution in [-0.2, 0) is 0 Å². The molecule has 21 heavy (non-hydrogen) atoms. The zero-order valence-corrected chi connectivity index (χ0v) is 12.3. The first-order valence-corrected chi connectivity index (χ1v) is 6.81. The molecule has 0 atom stereocenters. The van der Waals surface area contributed by atoms with Gasteiger partial charge in [-0.1, -0.05) is 35.3 Å². The summed E-state index contributed by atoms with van der Waals surface area (Å²) < 4.78 is 26.6. The first-order chi connectivity index (χ1) is 9.97. The molecular weight excluding hydrogens is 317 g/mol. The highest BCUT2D eigenvalue weighted by atomic mass is 35.5. The van der Waals surface area contributed by atoms with Gasteiger partial charge in [-0.2, -0.15) is 0 Å². The van der Waals surface area contributed by atoms with E-state index in [9.17, 15) is 8.78 Å². The van der Waals surface area contributed by atoms with Crippen LogP contribution in [0, 0.1) is 18.6 Å². The van der Waals surface area contributed by atoms with Gasteiger partial charge in [0.1, 0.15) is 5.15 Å². The molecule has 0 aliphatic rings. The van der Waals surface area contributed by atoms with E-state index in [1.54, 1.807) is 6.07 Å². The van der Waals surface area contributed by atoms with Gasteiger partial charge in [-0.3, -0.25) is 0 Å². The molecule has 0 N–H and O–H groups in total. The van der Waals surface area contributed by atoms with Gasteiger partial charge in [-0.15, -0.1) is 0 Å². The lowest BCUT2D eigenvalue weighted by Gasteiger charge is -2.08. The minimum atomic E-state index is -0.991. The quantitative estimate of drug-likeness (QED) is 0.575. The summed E-state index contributed by atoms with van der Waals surface area (Å²) >= 11 is 12.3. The molecule has 0 unspecified atom stereocenters. The molecule has 0 aliphatic heterocycles. The molecular formula is C15H8Cl2F2N2. The van der Waals surface area contributed by atoms with E-state index in [-0.39, 0.29) is 21.9 Å². The fourth-order valence-electron chi connectivity index (χ4n) is 2.03. The standard InChI is InChI=1S/C15H8Cl2F2N2/c1-7-3-2-4-8(13(7)16)15-20-12-6-11(19)10(18)5-9(12)14(17)21-15/h2-6H,1H3. The third-order valence-corrected chi connectivity index (χ3v) is 3.91. The number of hydrogen-bond donors (Lipinski definition) is 0. The summed E-state index contributed by atoms with van der Waals surface area (Å²) in [6, 6.07) is 7.37. The zero-order valence-electron chi connectivity index (χ0n) is 10.8. The first-order valence-electron chi connectivity index (χ1n) is 6.05. The van der Waals surface area contributed by atoms with Crippen molar-refractivity contribution in [3.63, 3.8) is 0 Å². The average Bonchev–Trinajstić information content (AvgIpc) is 2.44. The largest absolute Gasteiger partial charge is 0.228 e. The van der Waals surface area contributed by atoms with Crippen LogP contribution in [0.4, 0.5) is 8.78 Å². The highest BCUT2D eigenvalue weighted by molar-refractivity contribution is 6.35. The maximum Gasteiger partial charge on any atom is 0.163 e. The Morgan fingerprint density at radius 2 is 1.71 bits per heavy atom. The molecule has 0 spiro atoms. The lowest BCUT2D eigenvalue weighted by molar-refractivity contribution is 0.510. The van der Waals surface area contributed by atoms with Gasteiger partial charge in [0.2, 0.25) is 0 Å². The van der Waals surface area contributed by atoms with Crippen LogP contribution in [0.1, 0.15) is 5.56 Å². The van der Waals surface area contributed by atoms with Crippen LogP contribution in [-0.4, -0.2) is 9.97 Å². The van der Waals surface area contributed by atoms with Gasteiger partial charge in [0.05, 0.1) is 10.5 Å². The fraction of sp³-hybridized carbons (Fsp3) is 0.0667. The highest BCUT2D eigenvalue weighted by Crippen LogP contribution is 2.31. The summed E-state index contributed by atoms with van der Waals surface area (Å²) in [7, 11) is 0. The molecule has 2 nitrogen and oxygen atoms in total. The normalized spacial score (nSPS) is 11.1. The predicted octanol–water partition coefficient (Wildman–Crippen LogP) is 5.19. The van der Waals surface area contributed by atoms with Crippen LogP contribution >= 0.6 is 23.2 Å². The van der Waals surface area contributed by atoms with Crippen molar-refractivity contribution in [1.82, 2.24) is 9.97 Å². The topological polar surface area (TPSA) is 25.8 Å². The van der Waals surface area contributed by atoms with E-state index in [0.29, 0.717) is 10.6 Å². The number of benzene rings is 2. The van der Waals surface area contributed by atoms with E-state index in [4.69, 9.17) is 23.2 Å². The van der Waals surface area contributed by atoms with Gasteiger partial charge >= 0.3 is 0 Å². The Morgan fingerprint density at radius 3 is 2.48 bits per heavy atom. The van der Waals surface area contributed by atoms with Crippen LogP contribution < -0.4 is 0 Å².